The van der Waals surface area contributed by atoms with Gasteiger partial charge in [0, 0.05) is 31.9 Å². The van der Waals surface area contributed by atoms with Gasteiger partial charge >= 0.3 is 11.8 Å². The van der Waals surface area contributed by atoms with Crippen molar-refractivity contribution in [3.8, 4) is 11.5 Å². The molecule has 2 aromatic carbocycles. The molecule has 2 heterocycles. The summed E-state index contributed by atoms with van der Waals surface area (Å²) in [5.74, 6) is -0.367. The van der Waals surface area contributed by atoms with Gasteiger partial charge in [-0.1, -0.05) is 12.1 Å². The quantitative estimate of drug-likeness (QED) is 0.611. The van der Waals surface area contributed by atoms with Gasteiger partial charge in [-0.2, -0.15) is 0 Å². The molecule has 182 valence electrons. The monoisotopic (exact) mass is 466 g/mol. The molecule has 34 heavy (non-hydrogen) atoms. The van der Waals surface area contributed by atoms with E-state index in [1.807, 2.05) is 0 Å². The Morgan fingerprint density at radius 3 is 2.50 bits per heavy atom. The summed E-state index contributed by atoms with van der Waals surface area (Å²) in [5.41, 5.74) is 4.24. The lowest BCUT2D eigenvalue weighted by Gasteiger charge is -2.31. The number of anilines is 2. The summed E-state index contributed by atoms with van der Waals surface area (Å²) >= 11 is 0. The average Bonchev–Trinajstić information content (AvgIpc) is 3.39. The van der Waals surface area contributed by atoms with E-state index in [9.17, 15) is 9.59 Å². The molecule has 2 aliphatic rings. The van der Waals surface area contributed by atoms with E-state index in [1.54, 1.807) is 25.3 Å². The molecule has 0 aromatic heterocycles. The molecular formula is C26H34N4O4. The maximum atomic E-state index is 12.7. The molecular weight excluding hydrogens is 432 g/mol. The van der Waals surface area contributed by atoms with E-state index in [-0.39, 0.29) is 6.04 Å². The van der Waals surface area contributed by atoms with Crippen LogP contribution in [0, 0.1) is 0 Å². The number of hydrogen-bond donors (Lipinski definition) is 2. The number of nitrogens with zero attached hydrogens (tertiary/aromatic N) is 2. The number of nitrogens with one attached hydrogen (secondary N) is 2. The van der Waals surface area contributed by atoms with Crippen molar-refractivity contribution in [2.45, 2.75) is 31.7 Å². The van der Waals surface area contributed by atoms with Gasteiger partial charge in [-0.3, -0.25) is 14.5 Å². The number of benzene rings is 2. The van der Waals surface area contributed by atoms with Crippen LogP contribution in [0.15, 0.2) is 36.4 Å². The van der Waals surface area contributed by atoms with E-state index in [0.717, 1.165) is 45.3 Å². The first-order valence-corrected chi connectivity index (χ1v) is 11.9. The highest BCUT2D eigenvalue weighted by Crippen LogP contribution is 2.32. The first-order chi connectivity index (χ1) is 16.5. The Hall–Kier alpha value is -3.26. The number of aryl methyl sites for hydroxylation is 1. The van der Waals surface area contributed by atoms with Gasteiger partial charge in [-0.15, -0.1) is 0 Å². The van der Waals surface area contributed by atoms with Crippen LogP contribution in [0.1, 0.15) is 36.4 Å². The minimum absolute atomic E-state index is 0.0345. The number of carbonyl (C=O) groups is 2. The lowest BCUT2D eigenvalue weighted by Crippen LogP contribution is -2.41. The molecule has 2 aliphatic heterocycles. The molecule has 8 nitrogen and oxygen atoms in total. The highest BCUT2D eigenvalue weighted by Gasteiger charge is 2.27. The summed E-state index contributed by atoms with van der Waals surface area (Å²) < 4.78 is 10.5. The number of amides is 2. The second-order valence-electron chi connectivity index (χ2n) is 8.90. The predicted octanol–water partition coefficient (Wildman–Crippen LogP) is 2.98. The number of hydrogen-bond acceptors (Lipinski definition) is 6. The zero-order valence-electron chi connectivity index (χ0n) is 20.2. The molecule has 2 amide bonds. The molecule has 2 N–H and O–H groups in total. The maximum absolute atomic E-state index is 12.7. The summed E-state index contributed by atoms with van der Waals surface area (Å²) in [4.78, 5) is 30.0. The van der Waals surface area contributed by atoms with Gasteiger partial charge in [0.1, 0.15) is 11.5 Å². The van der Waals surface area contributed by atoms with E-state index in [1.165, 1.54) is 23.9 Å². The van der Waals surface area contributed by atoms with Crippen LogP contribution in [0.4, 0.5) is 11.4 Å². The Morgan fingerprint density at radius 2 is 1.76 bits per heavy atom. The van der Waals surface area contributed by atoms with Crippen molar-refractivity contribution in [1.82, 2.24) is 10.2 Å². The fourth-order valence-corrected chi connectivity index (χ4v) is 4.87. The first kappa shape index (κ1) is 23.9. The van der Waals surface area contributed by atoms with Crippen LogP contribution in [0.2, 0.25) is 0 Å². The van der Waals surface area contributed by atoms with Crippen molar-refractivity contribution in [2.24, 2.45) is 0 Å². The highest BCUT2D eigenvalue weighted by molar-refractivity contribution is 6.39. The first-order valence-electron chi connectivity index (χ1n) is 11.9. The van der Waals surface area contributed by atoms with E-state index in [4.69, 9.17) is 9.47 Å². The molecule has 8 heteroatoms. The van der Waals surface area contributed by atoms with Crippen molar-refractivity contribution in [1.29, 1.82) is 0 Å². The van der Waals surface area contributed by atoms with Crippen LogP contribution in [0.25, 0.3) is 0 Å². The summed E-state index contributed by atoms with van der Waals surface area (Å²) in [6.07, 6.45) is 4.51. The number of fused-ring (bicyclic) bond motifs is 1. The largest absolute Gasteiger partial charge is 0.497 e. The van der Waals surface area contributed by atoms with Crippen LogP contribution >= 0.6 is 0 Å². The van der Waals surface area contributed by atoms with Crippen LogP contribution in [0.3, 0.4) is 0 Å². The van der Waals surface area contributed by atoms with E-state index in [2.05, 4.69) is 45.7 Å². The SMILES string of the molecule is COc1ccc(NC(=O)C(=O)NC[C@@H](c2ccc3c(c2)CCCN3C)N2CCCC2)c(OC)c1. The Balaban J connectivity index is 1.45. The van der Waals surface area contributed by atoms with Gasteiger partial charge in [0.25, 0.3) is 0 Å². The van der Waals surface area contributed by atoms with E-state index < -0.39 is 11.8 Å². The fourth-order valence-electron chi connectivity index (χ4n) is 4.87. The second-order valence-corrected chi connectivity index (χ2v) is 8.90. The molecule has 1 saturated heterocycles. The maximum Gasteiger partial charge on any atom is 0.313 e. The molecule has 0 unspecified atom stereocenters. The van der Waals surface area contributed by atoms with Crippen LogP contribution in [-0.4, -0.2) is 64.2 Å². The topological polar surface area (TPSA) is 83.1 Å². The Bertz CT molecular complexity index is 1040. The zero-order valence-corrected chi connectivity index (χ0v) is 20.2. The Kier molecular flexibility index (Phi) is 7.57. The molecule has 0 saturated carbocycles. The van der Waals surface area contributed by atoms with Gasteiger partial charge in [-0.25, -0.2) is 0 Å². The van der Waals surface area contributed by atoms with E-state index >= 15 is 0 Å². The molecule has 1 fully saturated rings. The van der Waals surface area contributed by atoms with Crippen molar-refractivity contribution in [3.63, 3.8) is 0 Å². The summed E-state index contributed by atoms with van der Waals surface area (Å²) in [6.45, 7) is 3.44. The smallest absolute Gasteiger partial charge is 0.313 e. The molecule has 0 spiro atoms. The normalized spacial score (nSPS) is 16.5. The van der Waals surface area contributed by atoms with Crippen LogP contribution < -0.4 is 25.0 Å². The third kappa shape index (κ3) is 5.28. The van der Waals surface area contributed by atoms with Gasteiger partial charge < -0.3 is 25.0 Å². The highest BCUT2D eigenvalue weighted by atomic mass is 16.5. The minimum atomic E-state index is -0.726. The van der Waals surface area contributed by atoms with Crippen molar-refractivity contribution in [2.75, 3.05) is 57.7 Å². The van der Waals surface area contributed by atoms with Crippen molar-refractivity contribution in [3.05, 3.63) is 47.5 Å². The Morgan fingerprint density at radius 1 is 0.971 bits per heavy atom. The van der Waals surface area contributed by atoms with Gasteiger partial charge in [0.05, 0.1) is 25.9 Å². The van der Waals surface area contributed by atoms with Crippen LogP contribution in [-0.2, 0) is 16.0 Å². The summed E-state index contributed by atoms with van der Waals surface area (Å²) in [5, 5.41) is 5.50. The average molecular weight is 467 g/mol. The molecule has 1 atom stereocenters. The van der Waals surface area contributed by atoms with E-state index in [0.29, 0.717) is 23.7 Å². The van der Waals surface area contributed by atoms with Gasteiger partial charge in [0.2, 0.25) is 0 Å². The number of likely N-dealkylation sites (tertiary alicyclic amines) is 1. The third-order valence-electron chi connectivity index (χ3n) is 6.74. The van der Waals surface area contributed by atoms with Crippen molar-refractivity contribution < 1.29 is 19.1 Å². The molecule has 0 radical (unpaired) electrons. The summed E-state index contributed by atoms with van der Waals surface area (Å²) in [7, 11) is 5.19. The van der Waals surface area contributed by atoms with Gasteiger partial charge in [-0.05, 0) is 68.1 Å². The number of rotatable bonds is 7. The standard InChI is InChI=1S/C26H34N4O4/c1-29-12-6-7-18-15-19(8-11-22(18)29)23(30-13-4-5-14-30)17-27-25(31)26(32)28-21-10-9-20(33-2)16-24(21)34-3/h8-11,15-16,23H,4-7,12-14,17H2,1-3H3,(H,27,31)(H,28,32)/t23-/m0/s1. The fraction of sp³-hybridized carbons (Fsp3) is 0.462. The van der Waals surface area contributed by atoms with Crippen molar-refractivity contribution >= 4 is 23.2 Å². The zero-order chi connectivity index (χ0) is 24.1. The molecule has 0 aliphatic carbocycles. The molecule has 4 rings (SSSR count). The van der Waals surface area contributed by atoms with Crippen LogP contribution in [0.5, 0.6) is 11.5 Å². The minimum Gasteiger partial charge on any atom is -0.497 e. The molecule has 2 aromatic rings. The van der Waals surface area contributed by atoms with Gasteiger partial charge in [0.15, 0.2) is 0 Å². The number of methoxy groups -OCH3 is 2. The molecule has 0 bridgehead atoms. The number of ether oxygens (including phenoxy) is 2. The summed E-state index contributed by atoms with van der Waals surface area (Å²) in [6, 6.07) is 11.7. The predicted molar refractivity (Wildman–Crippen MR) is 133 cm³/mol. The third-order valence-corrected chi connectivity index (χ3v) is 6.74. The lowest BCUT2D eigenvalue weighted by molar-refractivity contribution is -0.136. The second kappa shape index (κ2) is 10.8. The Labute approximate surface area is 201 Å². The lowest BCUT2D eigenvalue weighted by atomic mass is 9.96. The number of carbonyl (C=O) groups excluding carboxylic acids is 2.